The molecule has 0 aromatic carbocycles. The number of ether oxygens (including phenoxy) is 1. The predicted octanol–water partition coefficient (Wildman–Crippen LogP) is 1.62. The van der Waals surface area contributed by atoms with Gasteiger partial charge in [0.1, 0.15) is 6.61 Å². The van der Waals surface area contributed by atoms with E-state index in [1.165, 1.54) is 0 Å². The van der Waals surface area contributed by atoms with Crippen LogP contribution in [0.15, 0.2) is 35.5 Å². The fraction of sp³-hybridized carbons (Fsp3) is 0.467. The van der Waals surface area contributed by atoms with Crippen molar-refractivity contribution in [3.63, 3.8) is 0 Å². The molecule has 6 nitrogen and oxygen atoms in total. The van der Waals surface area contributed by atoms with Crippen LogP contribution < -0.4 is 15.8 Å². The Balaban J connectivity index is 0.00000441. The first-order valence-electron chi connectivity index (χ1n) is 6.88. The van der Waals surface area contributed by atoms with Crippen molar-refractivity contribution in [1.82, 2.24) is 15.2 Å². The number of halogens is 1. The first-order chi connectivity index (χ1) is 9.97. The molecule has 22 heavy (non-hydrogen) atoms. The fourth-order valence-electron chi connectivity index (χ4n) is 1.43. The molecule has 0 saturated carbocycles. The molecule has 0 atom stereocenters. The third-order valence-corrected chi connectivity index (χ3v) is 2.59. The first kappa shape index (κ1) is 20.6. The second-order valence-corrected chi connectivity index (χ2v) is 5.17. The van der Waals surface area contributed by atoms with Gasteiger partial charge in [-0.05, 0) is 32.6 Å². The van der Waals surface area contributed by atoms with E-state index >= 15 is 0 Å². The van der Waals surface area contributed by atoms with E-state index in [1.54, 1.807) is 6.20 Å². The normalized spacial score (nSPS) is 11.0. The molecule has 0 aliphatic heterocycles. The lowest BCUT2D eigenvalue weighted by molar-refractivity contribution is 0.253. The number of pyridine rings is 1. The third kappa shape index (κ3) is 9.56. The van der Waals surface area contributed by atoms with Crippen LogP contribution in [0.5, 0.6) is 5.88 Å². The summed E-state index contributed by atoms with van der Waals surface area (Å²) in [6.45, 7) is 8.30. The van der Waals surface area contributed by atoms with Crippen LogP contribution in [0.2, 0.25) is 0 Å². The predicted molar refractivity (Wildman–Crippen MR) is 102 cm³/mol. The van der Waals surface area contributed by atoms with Gasteiger partial charge in [0, 0.05) is 25.4 Å². The van der Waals surface area contributed by atoms with Crippen LogP contribution in [-0.4, -0.2) is 49.6 Å². The minimum atomic E-state index is 0. The van der Waals surface area contributed by atoms with Crippen LogP contribution in [0, 0.1) is 0 Å². The Morgan fingerprint density at radius 3 is 2.86 bits per heavy atom. The molecule has 0 aliphatic carbocycles. The van der Waals surface area contributed by atoms with Crippen molar-refractivity contribution in [3.8, 4) is 5.88 Å². The summed E-state index contributed by atoms with van der Waals surface area (Å²) in [6.07, 6.45) is 1.72. The average molecular weight is 419 g/mol. The lowest BCUT2D eigenvalue weighted by Gasteiger charge is -2.10. The number of nitrogens with two attached hydrogens (primary N) is 1. The van der Waals surface area contributed by atoms with Gasteiger partial charge < -0.3 is 20.7 Å². The van der Waals surface area contributed by atoms with E-state index in [1.807, 2.05) is 33.2 Å². The van der Waals surface area contributed by atoms with Crippen LogP contribution in [0.25, 0.3) is 0 Å². The van der Waals surface area contributed by atoms with E-state index in [-0.39, 0.29) is 24.0 Å². The lowest BCUT2D eigenvalue weighted by Crippen LogP contribution is -2.32. The van der Waals surface area contributed by atoms with Crippen molar-refractivity contribution in [1.29, 1.82) is 0 Å². The van der Waals surface area contributed by atoms with Gasteiger partial charge in [-0.25, -0.2) is 9.98 Å². The lowest BCUT2D eigenvalue weighted by atomic mass is 10.3. The van der Waals surface area contributed by atoms with E-state index in [9.17, 15) is 0 Å². The van der Waals surface area contributed by atoms with Gasteiger partial charge in [0.15, 0.2) is 5.96 Å². The molecular formula is C15H26IN5O. The largest absolute Gasteiger partial charge is 0.476 e. The van der Waals surface area contributed by atoms with Gasteiger partial charge in [0.25, 0.3) is 0 Å². The van der Waals surface area contributed by atoms with Gasteiger partial charge in [0.2, 0.25) is 5.88 Å². The molecule has 3 N–H and O–H groups in total. The van der Waals surface area contributed by atoms with E-state index in [0.717, 1.165) is 17.7 Å². The number of aromatic nitrogens is 1. The monoisotopic (exact) mass is 419 g/mol. The zero-order valence-corrected chi connectivity index (χ0v) is 15.8. The minimum absolute atomic E-state index is 0. The number of aliphatic imine (C=N–C) groups is 1. The molecule has 7 heteroatoms. The number of likely N-dealkylation sites (N-methyl/N-ethyl adjacent to an activating group) is 1. The second kappa shape index (κ2) is 11.2. The number of nitrogens with zero attached hydrogens (tertiary/aromatic N) is 3. The van der Waals surface area contributed by atoms with Crippen LogP contribution in [-0.2, 0) is 6.54 Å². The van der Waals surface area contributed by atoms with Crippen LogP contribution in [0.1, 0.15) is 12.5 Å². The topological polar surface area (TPSA) is 75.8 Å². The molecule has 1 aromatic rings. The summed E-state index contributed by atoms with van der Waals surface area (Å²) in [5.74, 6) is 1.02. The van der Waals surface area contributed by atoms with Crippen molar-refractivity contribution >= 4 is 29.9 Å². The fourth-order valence-corrected chi connectivity index (χ4v) is 1.43. The SMILES string of the molecule is C=C(C)CNC(N)=NCc1ccnc(OCCN(C)C)c1.I. The number of rotatable bonds is 8. The summed E-state index contributed by atoms with van der Waals surface area (Å²) in [7, 11) is 4.01. The molecule has 1 aromatic heterocycles. The van der Waals surface area contributed by atoms with Crippen LogP contribution in [0.3, 0.4) is 0 Å². The minimum Gasteiger partial charge on any atom is -0.476 e. The Morgan fingerprint density at radius 1 is 1.50 bits per heavy atom. The second-order valence-electron chi connectivity index (χ2n) is 5.17. The first-order valence-corrected chi connectivity index (χ1v) is 6.88. The van der Waals surface area contributed by atoms with Gasteiger partial charge in [0.05, 0.1) is 6.54 Å². The van der Waals surface area contributed by atoms with Crippen molar-refractivity contribution in [2.75, 3.05) is 33.8 Å². The zero-order valence-electron chi connectivity index (χ0n) is 13.5. The van der Waals surface area contributed by atoms with Gasteiger partial charge >= 0.3 is 0 Å². The average Bonchev–Trinajstić information content (AvgIpc) is 2.43. The molecule has 0 bridgehead atoms. The molecule has 0 saturated heterocycles. The molecule has 1 heterocycles. The third-order valence-electron chi connectivity index (χ3n) is 2.59. The molecule has 0 radical (unpaired) electrons. The highest BCUT2D eigenvalue weighted by atomic mass is 127. The summed E-state index contributed by atoms with van der Waals surface area (Å²) in [4.78, 5) is 10.5. The maximum Gasteiger partial charge on any atom is 0.213 e. The van der Waals surface area contributed by atoms with Crippen molar-refractivity contribution in [2.24, 2.45) is 10.7 Å². The van der Waals surface area contributed by atoms with Crippen molar-refractivity contribution in [3.05, 3.63) is 36.0 Å². The number of nitrogens with one attached hydrogen (secondary N) is 1. The highest BCUT2D eigenvalue weighted by Crippen LogP contribution is 2.10. The summed E-state index contributed by atoms with van der Waals surface area (Å²) >= 11 is 0. The molecule has 0 spiro atoms. The molecular weight excluding hydrogens is 393 g/mol. The van der Waals surface area contributed by atoms with Crippen molar-refractivity contribution in [2.45, 2.75) is 13.5 Å². The molecule has 0 unspecified atom stereocenters. The van der Waals surface area contributed by atoms with Crippen LogP contribution in [0.4, 0.5) is 0 Å². The Hall–Kier alpha value is -1.35. The van der Waals surface area contributed by atoms with Gasteiger partial charge in [-0.3, -0.25) is 0 Å². The van der Waals surface area contributed by atoms with Crippen LogP contribution >= 0.6 is 24.0 Å². The molecule has 0 aliphatic rings. The Labute approximate surface area is 149 Å². The smallest absolute Gasteiger partial charge is 0.213 e. The molecule has 124 valence electrons. The van der Waals surface area contributed by atoms with Gasteiger partial charge in [-0.15, -0.1) is 24.0 Å². The van der Waals surface area contributed by atoms with E-state index in [2.05, 4.69) is 26.8 Å². The van der Waals surface area contributed by atoms with E-state index < -0.39 is 0 Å². The van der Waals surface area contributed by atoms with Gasteiger partial charge in [-0.2, -0.15) is 0 Å². The Kier molecular flexibility index (Phi) is 10.6. The standard InChI is InChI=1S/C15H25N5O.HI/c1-12(2)10-18-15(16)19-11-13-5-6-17-14(9-13)21-8-7-20(3)4;/h5-6,9H,1,7-8,10-11H2,2-4H3,(H3,16,18,19);1H. The van der Waals surface area contributed by atoms with E-state index in [0.29, 0.717) is 31.5 Å². The summed E-state index contributed by atoms with van der Waals surface area (Å²) in [5, 5.41) is 2.99. The Morgan fingerprint density at radius 2 is 2.23 bits per heavy atom. The molecule has 1 rings (SSSR count). The maximum atomic E-state index is 5.77. The summed E-state index contributed by atoms with van der Waals surface area (Å²) < 4.78 is 5.58. The number of hydrogen-bond donors (Lipinski definition) is 2. The highest BCUT2D eigenvalue weighted by molar-refractivity contribution is 14.0. The maximum absolute atomic E-state index is 5.77. The van der Waals surface area contributed by atoms with E-state index in [4.69, 9.17) is 10.5 Å². The summed E-state index contributed by atoms with van der Waals surface area (Å²) in [5.41, 5.74) is 7.78. The number of guanidine groups is 1. The molecule has 0 amide bonds. The zero-order chi connectivity index (χ0) is 15.7. The van der Waals surface area contributed by atoms with Crippen molar-refractivity contribution < 1.29 is 4.74 Å². The summed E-state index contributed by atoms with van der Waals surface area (Å²) in [6, 6.07) is 3.78. The quantitative estimate of drug-likeness (QED) is 0.290. The Bertz CT molecular complexity index is 491. The molecule has 0 fully saturated rings. The highest BCUT2D eigenvalue weighted by Gasteiger charge is 1.99. The number of hydrogen-bond acceptors (Lipinski definition) is 4. The van der Waals surface area contributed by atoms with Gasteiger partial charge in [-0.1, -0.05) is 12.2 Å².